The average Bonchev–Trinajstić information content (AvgIpc) is 3.47. The van der Waals surface area contributed by atoms with E-state index < -0.39 is 17.0 Å². The maximum absolute atomic E-state index is 12.8. The van der Waals surface area contributed by atoms with Gasteiger partial charge in [-0.1, -0.05) is 0 Å². The summed E-state index contributed by atoms with van der Waals surface area (Å²) in [5, 5.41) is 24.0. The van der Waals surface area contributed by atoms with Gasteiger partial charge in [0.05, 0.1) is 23.5 Å². The highest BCUT2D eigenvalue weighted by molar-refractivity contribution is 8.26. The molecule has 176 valence electrons. The summed E-state index contributed by atoms with van der Waals surface area (Å²) in [5.74, 6) is 0.719. The number of piperidine rings is 1. The van der Waals surface area contributed by atoms with Gasteiger partial charge in [0, 0.05) is 37.9 Å². The predicted molar refractivity (Wildman–Crippen MR) is 127 cm³/mol. The first-order valence-corrected chi connectivity index (χ1v) is 12.2. The van der Waals surface area contributed by atoms with Crippen LogP contribution in [0.25, 0.3) is 5.52 Å². The fourth-order valence-corrected chi connectivity index (χ4v) is 5.27. The van der Waals surface area contributed by atoms with Gasteiger partial charge in [-0.05, 0) is 61.4 Å². The quantitative estimate of drug-likeness (QED) is 0.288. The molecule has 0 bridgehead atoms. The normalized spacial score (nSPS) is 18.0. The standard InChI is InChI=1S/C21H25F2N7OS2/c1-31-11-13-2-6-29(7-3-13)15-8-14(33-28-21(12-24)4-5-21)10-30-16(15)9-27-20(30)19(26)32-18(25)17(22)23/h8-10,13,17,25-26,28H,2-7,11H2,1H3. The van der Waals surface area contributed by atoms with Gasteiger partial charge in [0.15, 0.2) is 5.82 Å². The SMILES string of the molecule is COCC1CCN(c2cc(SNC3(C#N)CC3)cn3c(C(=N)SC(=N)C(F)F)ncc23)CC1. The van der Waals surface area contributed by atoms with E-state index in [1.807, 2.05) is 6.07 Å². The minimum absolute atomic E-state index is 0.208. The van der Waals surface area contributed by atoms with Gasteiger partial charge in [0.1, 0.15) is 15.6 Å². The van der Waals surface area contributed by atoms with Gasteiger partial charge in [-0.3, -0.25) is 15.2 Å². The van der Waals surface area contributed by atoms with E-state index in [1.165, 1.54) is 11.9 Å². The molecule has 1 aliphatic heterocycles. The number of aromatic nitrogens is 2. The highest BCUT2D eigenvalue weighted by atomic mass is 32.2. The van der Waals surface area contributed by atoms with Crippen LogP contribution in [-0.4, -0.2) is 58.2 Å². The molecule has 2 aromatic rings. The zero-order chi connectivity index (χ0) is 23.6. The summed E-state index contributed by atoms with van der Waals surface area (Å²) in [6.45, 7) is 2.42. The van der Waals surface area contributed by atoms with E-state index in [2.05, 4.69) is 20.7 Å². The third-order valence-electron chi connectivity index (χ3n) is 5.89. The molecule has 0 atom stereocenters. The van der Waals surface area contributed by atoms with E-state index in [0.717, 1.165) is 61.5 Å². The van der Waals surface area contributed by atoms with E-state index >= 15 is 0 Å². The van der Waals surface area contributed by atoms with Crippen LogP contribution in [0.2, 0.25) is 0 Å². The number of anilines is 1. The van der Waals surface area contributed by atoms with E-state index in [1.54, 1.807) is 23.9 Å². The summed E-state index contributed by atoms with van der Waals surface area (Å²) in [6, 6.07) is 4.35. The molecule has 1 saturated carbocycles. The first-order chi connectivity index (χ1) is 15.9. The summed E-state index contributed by atoms with van der Waals surface area (Å²) in [5.41, 5.74) is 1.21. The van der Waals surface area contributed by atoms with Crippen molar-refractivity contribution in [2.24, 2.45) is 5.92 Å². The largest absolute Gasteiger partial charge is 0.384 e. The van der Waals surface area contributed by atoms with Crippen molar-refractivity contribution in [2.45, 2.75) is 42.5 Å². The number of fused-ring (bicyclic) bond motifs is 1. The molecule has 1 saturated heterocycles. The lowest BCUT2D eigenvalue weighted by Crippen LogP contribution is -2.35. The van der Waals surface area contributed by atoms with Crippen molar-refractivity contribution in [2.75, 3.05) is 31.7 Å². The Bertz CT molecular complexity index is 1090. The highest BCUT2D eigenvalue weighted by Gasteiger charge is 2.43. The fourth-order valence-electron chi connectivity index (χ4n) is 3.83. The Balaban J connectivity index is 1.65. The number of hydrogen-bond acceptors (Lipinski definition) is 9. The molecular formula is C21H25F2N7OS2. The number of thioether (sulfide) groups is 1. The Kier molecular flexibility index (Phi) is 7.23. The summed E-state index contributed by atoms with van der Waals surface area (Å²) >= 11 is 1.76. The smallest absolute Gasteiger partial charge is 0.285 e. The molecule has 3 N–H and O–H groups in total. The van der Waals surface area contributed by atoms with Crippen molar-refractivity contribution in [3.05, 3.63) is 24.3 Å². The summed E-state index contributed by atoms with van der Waals surface area (Å²) in [4.78, 5) is 7.44. The van der Waals surface area contributed by atoms with E-state index in [4.69, 9.17) is 15.6 Å². The van der Waals surface area contributed by atoms with Crippen LogP contribution in [0.15, 0.2) is 23.4 Å². The number of rotatable bonds is 8. The van der Waals surface area contributed by atoms with E-state index in [0.29, 0.717) is 17.7 Å². The van der Waals surface area contributed by atoms with Crippen molar-refractivity contribution < 1.29 is 13.5 Å². The second-order valence-corrected chi connectivity index (χ2v) is 10.2. The maximum atomic E-state index is 12.8. The Hall–Kier alpha value is -2.20. The van der Waals surface area contributed by atoms with Crippen LogP contribution in [0.4, 0.5) is 14.5 Å². The lowest BCUT2D eigenvalue weighted by molar-refractivity contribution is 0.139. The molecule has 8 nitrogen and oxygen atoms in total. The maximum Gasteiger partial charge on any atom is 0.285 e. The number of nitriles is 1. The second-order valence-electron chi connectivity index (χ2n) is 8.28. The van der Waals surface area contributed by atoms with Crippen LogP contribution in [0.3, 0.4) is 0 Å². The molecule has 2 aromatic heterocycles. The zero-order valence-electron chi connectivity index (χ0n) is 18.1. The van der Waals surface area contributed by atoms with Crippen molar-refractivity contribution in [1.82, 2.24) is 14.1 Å². The van der Waals surface area contributed by atoms with Gasteiger partial charge >= 0.3 is 0 Å². The van der Waals surface area contributed by atoms with Gasteiger partial charge in [-0.25, -0.2) is 18.5 Å². The summed E-state index contributed by atoms with van der Waals surface area (Å²) in [6.07, 6.45) is 4.09. The molecule has 4 rings (SSSR count). The van der Waals surface area contributed by atoms with Crippen LogP contribution in [-0.2, 0) is 4.74 Å². The van der Waals surface area contributed by atoms with Gasteiger partial charge in [-0.2, -0.15) is 5.26 Å². The lowest BCUT2D eigenvalue weighted by Gasteiger charge is -2.34. The molecule has 2 fully saturated rings. The average molecular weight is 494 g/mol. The third-order valence-corrected chi connectivity index (χ3v) is 7.63. The Morgan fingerprint density at radius 1 is 1.39 bits per heavy atom. The highest BCUT2D eigenvalue weighted by Crippen LogP contribution is 2.39. The molecule has 0 unspecified atom stereocenters. The lowest BCUT2D eigenvalue weighted by atomic mass is 9.97. The van der Waals surface area contributed by atoms with Crippen LogP contribution in [0.5, 0.6) is 0 Å². The van der Waals surface area contributed by atoms with Crippen molar-refractivity contribution in [3.63, 3.8) is 0 Å². The van der Waals surface area contributed by atoms with Crippen molar-refractivity contribution >= 4 is 45.0 Å². The topological polar surface area (TPSA) is 113 Å². The second kappa shape index (κ2) is 9.97. The Morgan fingerprint density at radius 2 is 2.12 bits per heavy atom. The van der Waals surface area contributed by atoms with E-state index in [-0.39, 0.29) is 10.9 Å². The van der Waals surface area contributed by atoms with Gasteiger partial charge < -0.3 is 9.64 Å². The molecule has 2 aliphatic rings. The molecule has 0 aromatic carbocycles. The number of methoxy groups -OCH3 is 1. The van der Waals surface area contributed by atoms with Crippen LogP contribution in [0.1, 0.15) is 31.5 Å². The number of pyridine rings is 1. The number of nitrogens with zero attached hydrogens (tertiary/aromatic N) is 4. The van der Waals surface area contributed by atoms with E-state index in [9.17, 15) is 14.0 Å². The predicted octanol–water partition coefficient (Wildman–Crippen LogP) is 4.15. The molecule has 33 heavy (non-hydrogen) atoms. The van der Waals surface area contributed by atoms with Crippen molar-refractivity contribution in [1.29, 1.82) is 16.1 Å². The van der Waals surface area contributed by atoms with Gasteiger partial charge in [-0.15, -0.1) is 0 Å². The zero-order valence-corrected chi connectivity index (χ0v) is 19.7. The van der Waals surface area contributed by atoms with Crippen LogP contribution >= 0.6 is 23.7 Å². The van der Waals surface area contributed by atoms with Gasteiger partial charge in [0.2, 0.25) is 0 Å². The van der Waals surface area contributed by atoms with Crippen LogP contribution < -0.4 is 9.62 Å². The van der Waals surface area contributed by atoms with Crippen LogP contribution in [0, 0.1) is 28.1 Å². The number of nitrogens with one attached hydrogen (secondary N) is 3. The fraction of sp³-hybridized carbons (Fsp3) is 0.524. The molecule has 0 radical (unpaired) electrons. The molecule has 1 aliphatic carbocycles. The van der Waals surface area contributed by atoms with Gasteiger partial charge in [0.25, 0.3) is 6.43 Å². The molecule has 0 spiro atoms. The molecule has 3 heterocycles. The first kappa shape index (κ1) is 23.9. The third kappa shape index (κ3) is 5.32. The summed E-state index contributed by atoms with van der Waals surface area (Å²) < 4.78 is 35.9. The molecule has 12 heteroatoms. The minimum atomic E-state index is -2.93. The number of alkyl halides is 2. The number of hydrogen-bond donors (Lipinski definition) is 3. The molecular weight excluding hydrogens is 468 g/mol. The number of halogens is 2. The summed E-state index contributed by atoms with van der Waals surface area (Å²) in [7, 11) is 1.71. The minimum Gasteiger partial charge on any atom is -0.384 e. The number of ether oxygens (including phenoxy) is 1. The first-order valence-electron chi connectivity index (χ1n) is 10.6. The monoisotopic (exact) mass is 493 g/mol. The number of imidazole rings is 1. The van der Waals surface area contributed by atoms with Crippen molar-refractivity contribution in [3.8, 4) is 6.07 Å². The molecule has 0 amide bonds. The Morgan fingerprint density at radius 3 is 2.73 bits per heavy atom. The Labute approximate surface area is 199 Å².